The molecule has 0 fully saturated rings. The summed E-state index contributed by atoms with van der Waals surface area (Å²) >= 11 is 0. The van der Waals surface area contributed by atoms with Gasteiger partial charge < -0.3 is 14.6 Å². The van der Waals surface area contributed by atoms with E-state index in [1.165, 1.54) is 109 Å². The molecule has 0 aromatic carbocycles. The average Bonchev–Trinajstić information content (AvgIpc) is 2.84. The van der Waals surface area contributed by atoms with Crippen LogP contribution in [0.5, 0.6) is 0 Å². The Kier molecular flexibility index (Phi) is 26.2. The maximum atomic E-state index is 11.3. The lowest BCUT2D eigenvalue weighted by molar-refractivity contribution is -0.138. The lowest BCUT2D eigenvalue weighted by atomic mass is 10.0. The van der Waals surface area contributed by atoms with E-state index in [1.54, 1.807) is 0 Å². The minimum atomic E-state index is -1.14. The first-order valence-corrected chi connectivity index (χ1v) is 14.8. The molecule has 0 aliphatic carbocycles. The standard InChI is InChI=1S/C30H56O5/c1-3-5-7-8-9-10-11-12-13-14-15-19-23-28(22-18-6-4-2)34-26-20-16-17-21-27-35-30(33)25-24-29(31)32/h24-25,28H,3-23,26-27H2,1-2H3,(H,31,32)/b25-24-. The van der Waals surface area contributed by atoms with Gasteiger partial charge in [0.05, 0.1) is 12.7 Å². The molecular formula is C30H56O5. The second-order valence-electron chi connectivity index (χ2n) is 9.92. The molecule has 0 heterocycles. The van der Waals surface area contributed by atoms with Gasteiger partial charge in [0, 0.05) is 18.8 Å². The predicted octanol–water partition coefficient (Wildman–Crippen LogP) is 8.79. The van der Waals surface area contributed by atoms with Crippen molar-refractivity contribution >= 4 is 11.9 Å². The van der Waals surface area contributed by atoms with Gasteiger partial charge in [0.2, 0.25) is 0 Å². The minimum absolute atomic E-state index is 0.336. The molecule has 0 saturated heterocycles. The van der Waals surface area contributed by atoms with E-state index >= 15 is 0 Å². The summed E-state index contributed by atoms with van der Waals surface area (Å²) < 4.78 is 11.2. The highest BCUT2D eigenvalue weighted by Gasteiger charge is 2.09. The number of carbonyl (C=O) groups excluding carboxylic acids is 1. The Labute approximate surface area is 216 Å². The van der Waals surface area contributed by atoms with Crippen molar-refractivity contribution in [2.75, 3.05) is 13.2 Å². The summed E-state index contributed by atoms with van der Waals surface area (Å²) in [6, 6.07) is 0. The quantitative estimate of drug-likeness (QED) is 0.0698. The van der Waals surface area contributed by atoms with E-state index < -0.39 is 11.9 Å². The summed E-state index contributed by atoms with van der Waals surface area (Å²) in [4.78, 5) is 21.7. The zero-order chi connectivity index (χ0) is 25.8. The fraction of sp³-hybridized carbons (Fsp3) is 0.867. The van der Waals surface area contributed by atoms with Crippen LogP contribution in [0, 0.1) is 0 Å². The number of rotatable bonds is 27. The highest BCUT2D eigenvalue weighted by atomic mass is 16.5. The van der Waals surface area contributed by atoms with Gasteiger partial charge >= 0.3 is 11.9 Å². The molecule has 0 radical (unpaired) electrons. The Morgan fingerprint density at radius 1 is 0.600 bits per heavy atom. The summed E-state index contributed by atoms with van der Waals surface area (Å²) in [6.07, 6.45) is 28.9. The van der Waals surface area contributed by atoms with Crippen LogP contribution < -0.4 is 0 Å². The Morgan fingerprint density at radius 2 is 1.03 bits per heavy atom. The van der Waals surface area contributed by atoms with Crippen molar-refractivity contribution in [2.24, 2.45) is 0 Å². The lowest BCUT2D eigenvalue weighted by Crippen LogP contribution is -2.14. The van der Waals surface area contributed by atoms with Gasteiger partial charge in [-0.25, -0.2) is 9.59 Å². The fourth-order valence-electron chi connectivity index (χ4n) is 4.31. The number of carboxylic acids is 1. The van der Waals surface area contributed by atoms with E-state index in [1.807, 2.05) is 0 Å². The van der Waals surface area contributed by atoms with Gasteiger partial charge in [-0.05, 0) is 32.1 Å². The van der Waals surface area contributed by atoms with Gasteiger partial charge in [-0.2, -0.15) is 0 Å². The van der Waals surface area contributed by atoms with Crippen LogP contribution in [-0.2, 0) is 19.1 Å². The molecule has 0 aliphatic heterocycles. The van der Waals surface area contributed by atoms with Crippen molar-refractivity contribution in [2.45, 2.75) is 155 Å². The Hall–Kier alpha value is -1.36. The number of ether oxygens (including phenoxy) is 2. The zero-order valence-corrected chi connectivity index (χ0v) is 23.1. The molecule has 0 aromatic rings. The smallest absolute Gasteiger partial charge is 0.331 e. The topological polar surface area (TPSA) is 72.8 Å². The third kappa shape index (κ3) is 27.1. The van der Waals surface area contributed by atoms with Crippen LogP contribution in [0.4, 0.5) is 0 Å². The van der Waals surface area contributed by atoms with Crippen LogP contribution in [0.2, 0.25) is 0 Å². The third-order valence-electron chi connectivity index (χ3n) is 6.51. The Morgan fingerprint density at radius 3 is 1.57 bits per heavy atom. The van der Waals surface area contributed by atoms with Crippen molar-refractivity contribution < 1.29 is 24.2 Å². The van der Waals surface area contributed by atoms with Gasteiger partial charge in [-0.3, -0.25) is 0 Å². The molecule has 0 aliphatic rings. The second kappa shape index (κ2) is 27.2. The number of aliphatic carboxylic acids is 1. The molecule has 0 saturated carbocycles. The monoisotopic (exact) mass is 496 g/mol. The van der Waals surface area contributed by atoms with Crippen LogP contribution in [-0.4, -0.2) is 36.4 Å². The average molecular weight is 497 g/mol. The molecule has 5 heteroatoms. The van der Waals surface area contributed by atoms with Crippen LogP contribution in [0.25, 0.3) is 0 Å². The molecule has 0 amide bonds. The van der Waals surface area contributed by atoms with Gasteiger partial charge in [-0.15, -0.1) is 0 Å². The molecule has 1 N–H and O–H groups in total. The fourth-order valence-corrected chi connectivity index (χ4v) is 4.31. The molecular weight excluding hydrogens is 440 g/mol. The molecule has 1 atom stereocenters. The van der Waals surface area contributed by atoms with E-state index in [9.17, 15) is 9.59 Å². The molecule has 0 rings (SSSR count). The summed E-state index contributed by atoms with van der Waals surface area (Å²) in [5.74, 6) is -1.74. The highest BCUT2D eigenvalue weighted by Crippen LogP contribution is 2.17. The molecule has 1 unspecified atom stereocenters. The van der Waals surface area contributed by atoms with Crippen LogP contribution in [0.1, 0.15) is 149 Å². The van der Waals surface area contributed by atoms with Gasteiger partial charge in [-0.1, -0.05) is 117 Å². The number of hydrogen-bond donors (Lipinski definition) is 1. The van der Waals surface area contributed by atoms with Crippen molar-refractivity contribution in [1.82, 2.24) is 0 Å². The summed E-state index contributed by atoms with van der Waals surface area (Å²) in [5.41, 5.74) is 0. The maximum Gasteiger partial charge on any atom is 0.331 e. The number of unbranched alkanes of at least 4 members (excludes halogenated alkanes) is 16. The van der Waals surface area contributed by atoms with Crippen molar-refractivity contribution in [3.63, 3.8) is 0 Å². The summed E-state index contributed by atoms with van der Waals surface area (Å²) in [6.45, 7) is 5.68. The second-order valence-corrected chi connectivity index (χ2v) is 9.92. The SMILES string of the molecule is CCCCCCCCCCCCCCC(CCCCC)OCCCCCCOC(=O)/C=C\C(=O)O. The number of hydrogen-bond acceptors (Lipinski definition) is 4. The van der Waals surface area contributed by atoms with Gasteiger partial charge in [0.1, 0.15) is 0 Å². The molecule has 0 aromatic heterocycles. The number of carboxylic acid groups (broad SMARTS) is 1. The van der Waals surface area contributed by atoms with Crippen molar-refractivity contribution in [1.29, 1.82) is 0 Å². The van der Waals surface area contributed by atoms with Crippen LogP contribution in [0.15, 0.2) is 12.2 Å². The zero-order valence-electron chi connectivity index (χ0n) is 23.1. The first-order valence-electron chi connectivity index (χ1n) is 14.8. The molecule has 206 valence electrons. The first kappa shape index (κ1) is 33.6. The molecule has 0 bridgehead atoms. The van der Waals surface area contributed by atoms with E-state index in [4.69, 9.17) is 14.6 Å². The van der Waals surface area contributed by atoms with Crippen LogP contribution >= 0.6 is 0 Å². The van der Waals surface area contributed by atoms with E-state index in [0.29, 0.717) is 12.7 Å². The molecule has 0 spiro atoms. The minimum Gasteiger partial charge on any atom is -0.478 e. The Balaban J connectivity index is 3.72. The normalized spacial score (nSPS) is 12.3. The molecule has 35 heavy (non-hydrogen) atoms. The van der Waals surface area contributed by atoms with Crippen LogP contribution in [0.3, 0.4) is 0 Å². The van der Waals surface area contributed by atoms with E-state index in [-0.39, 0.29) is 0 Å². The summed E-state index contributed by atoms with van der Waals surface area (Å²) in [7, 11) is 0. The number of carbonyl (C=O) groups is 2. The maximum absolute atomic E-state index is 11.3. The predicted molar refractivity (Wildman–Crippen MR) is 146 cm³/mol. The first-order chi connectivity index (χ1) is 17.1. The molecule has 5 nitrogen and oxygen atoms in total. The highest BCUT2D eigenvalue weighted by molar-refractivity contribution is 5.90. The van der Waals surface area contributed by atoms with Crippen molar-refractivity contribution in [3.05, 3.63) is 12.2 Å². The Bertz CT molecular complexity index is 503. The summed E-state index contributed by atoms with van der Waals surface area (Å²) in [5, 5.41) is 8.48. The lowest BCUT2D eigenvalue weighted by Gasteiger charge is -2.18. The van der Waals surface area contributed by atoms with E-state index in [2.05, 4.69) is 13.8 Å². The van der Waals surface area contributed by atoms with Gasteiger partial charge in [0.15, 0.2) is 0 Å². The van der Waals surface area contributed by atoms with E-state index in [0.717, 1.165) is 44.4 Å². The largest absolute Gasteiger partial charge is 0.478 e. The van der Waals surface area contributed by atoms with Crippen molar-refractivity contribution in [3.8, 4) is 0 Å². The van der Waals surface area contributed by atoms with Gasteiger partial charge in [0.25, 0.3) is 0 Å². The third-order valence-corrected chi connectivity index (χ3v) is 6.51. The number of esters is 1.